The summed E-state index contributed by atoms with van der Waals surface area (Å²) in [4.78, 5) is 44.6. The maximum atomic E-state index is 12.8. The molecular weight excluding hydrogens is 346 g/mol. The highest BCUT2D eigenvalue weighted by molar-refractivity contribution is 6.05. The van der Waals surface area contributed by atoms with Crippen molar-refractivity contribution in [2.45, 2.75) is 58.5 Å². The van der Waals surface area contributed by atoms with E-state index in [1.807, 2.05) is 20.8 Å². The lowest BCUT2D eigenvalue weighted by Gasteiger charge is -2.15. The largest absolute Gasteiger partial charge is 0.352 e. The fraction of sp³-hybridized carbons (Fsp3) is 0.579. The second kappa shape index (κ2) is 7.64. The van der Waals surface area contributed by atoms with Crippen molar-refractivity contribution in [3.8, 4) is 0 Å². The summed E-state index contributed by atoms with van der Waals surface area (Å²) in [5.74, 6) is 0.128. The second-order valence-electron chi connectivity index (χ2n) is 7.85. The number of carbonyl (C=O) groups is 1. The highest BCUT2D eigenvalue weighted by Crippen LogP contribution is 2.39. The lowest BCUT2D eigenvalue weighted by molar-refractivity contribution is 0.0954. The molecule has 1 unspecified atom stereocenters. The van der Waals surface area contributed by atoms with E-state index in [9.17, 15) is 14.4 Å². The van der Waals surface area contributed by atoms with Gasteiger partial charge in [-0.2, -0.15) is 0 Å². The first-order chi connectivity index (χ1) is 12.8. The quantitative estimate of drug-likeness (QED) is 0.670. The third-order valence-electron chi connectivity index (χ3n) is 4.64. The third kappa shape index (κ3) is 4.27. The van der Waals surface area contributed by atoms with E-state index >= 15 is 0 Å². The highest BCUT2D eigenvalue weighted by atomic mass is 16.2. The van der Waals surface area contributed by atoms with E-state index in [1.54, 1.807) is 6.07 Å². The average molecular weight is 373 g/mol. The topological polar surface area (TPSA) is 123 Å². The number of rotatable bonds is 7. The van der Waals surface area contributed by atoms with Crippen LogP contribution in [0.1, 0.15) is 62.0 Å². The van der Waals surface area contributed by atoms with Gasteiger partial charge in [0.1, 0.15) is 0 Å². The van der Waals surface area contributed by atoms with Crippen LogP contribution in [0.2, 0.25) is 0 Å². The maximum absolute atomic E-state index is 12.8. The Hall–Kier alpha value is -2.48. The van der Waals surface area contributed by atoms with E-state index in [1.165, 1.54) is 4.57 Å². The minimum Gasteiger partial charge on any atom is -0.352 e. The molecule has 1 aliphatic carbocycles. The van der Waals surface area contributed by atoms with Crippen LogP contribution in [0.3, 0.4) is 0 Å². The molecule has 1 aliphatic rings. The number of aromatic nitrogens is 3. The molecule has 146 valence electrons. The molecule has 1 fully saturated rings. The molecule has 0 radical (unpaired) electrons. The predicted molar refractivity (Wildman–Crippen MR) is 104 cm³/mol. The molecule has 0 aliphatic heterocycles. The molecule has 1 amide bonds. The second-order valence-corrected chi connectivity index (χ2v) is 7.85. The summed E-state index contributed by atoms with van der Waals surface area (Å²) in [6.07, 6.45) is 2.64. The zero-order valence-corrected chi connectivity index (χ0v) is 16.0. The molecule has 0 bridgehead atoms. The zero-order valence-electron chi connectivity index (χ0n) is 16.0. The Labute approximate surface area is 157 Å². The summed E-state index contributed by atoms with van der Waals surface area (Å²) in [6, 6.07) is 1.67. The van der Waals surface area contributed by atoms with Crippen molar-refractivity contribution in [1.82, 2.24) is 19.9 Å². The molecule has 0 aromatic carbocycles. The molecule has 2 aromatic rings. The summed E-state index contributed by atoms with van der Waals surface area (Å²) in [5.41, 5.74) is 5.98. The van der Waals surface area contributed by atoms with Crippen LogP contribution in [0, 0.1) is 5.92 Å². The zero-order chi connectivity index (χ0) is 19.7. The Morgan fingerprint density at radius 3 is 2.67 bits per heavy atom. The van der Waals surface area contributed by atoms with Crippen molar-refractivity contribution >= 4 is 16.9 Å². The van der Waals surface area contributed by atoms with E-state index in [4.69, 9.17) is 5.73 Å². The van der Waals surface area contributed by atoms with Crippen molar-refractivity contribution in [3.63, 3.8) is 0 Å². The van der Waals surface area contributed by atoms with Crippen LogP contribution in [0.15, 0.2) is 15.7 Å². The number of aromatic amines is 1. The number of nitrogens with two attached hydrogens (primary N) is 1. The molecule has 2 heterocycles. The van der Waals surface area contributed by atoms with Crippen molar-refractivity contribution in [3.05, 3.63) is 38.2 Å². The molecule has 4 N–H and O–H groups in total. The average Bonchev–Trinajstić information content (AvgIpc) is 3.41. The van der Waals surface area contributed by atoms with Gasteiger partial charge < -0.3 is 11.1 Å². The fourth-order valence-corrected chi connectivity index (χ4v) is 3.10. The van der Waals surface area contributed by atoms with E-state index in [0.717, 1.165) is 18.5 Å². The summed E-state index contributed by atoms with van der Waals surface area (Å²) < 4.78 is 1.46. The molecular formula is C19H27N5O3. The van der Waals surface area contributed by atoms with Crippen molar-refractivity contribution < 1.29 is 4.79 Å². The van der Waals surface area contributed by atoms with Crippen LogP contribution in [0.5, 0.6) is 0 Å². The summed E-state index contributed by atoms with van der Waals surface area (Å²) in [5, 5.41) is 2.99. The van der Waals surface area contributed by atoms with E-state index in [0.29, 0.717) is 25.2 Å². The first-order valence-corrected chi connectivity index (χ1v) is 9.49. The number of carbonyl (C=O) groups excluding carboxylic acids is 1. The van der Waals surface area contributed by atoms with Crippen LogP contribution in [-0.4, -0.2) is 33.0 Å². The lowest BCUT2D eigenvalue weighted by Crippen LogP contribution is -2.35. The number of H-pyrrole nitrogens is 1. The van der Waals surface area contributed by atoms with Crippen LogP contribution in [0.25, 0.3) is 11.0 Å². The van der Waals surface area contributed by atoms with Gasteiger partial charge >= 0.3 is 5.69 Å². The van der Waals surface area contributed by atoms with Crippen LogP contribution < -0.4 is 22.3 Å². The molecule has 1 saturated carbocycles. The Balaban J connectivity index is 2.15. The molecule has 8 nitrogen and oxygen atoms in total. The number of fused-ring (bicyclic) bond motifs is 1. The fourth-order valence-electron chi connectivity index (χ4n) is 3.10. The molecule has 8 heteroatoms. The minimum atomic E-state index is -0.581. The van der Waals surface area contributed by atoms with Gasteiger partial charge in [0.2, 0.25) is 0 Å². The molecule has 1 atom stereocenters. The van der Waals surface area contributed by atoms with Crippen molar-refractivity contribution in [1.29, 1.82) is 0 Å². The van der Waals surface area contributed by atoms with Crippen LogP contribution >= 0.6 is 0 Å². The summed E-state index contributed by atoms with van der Waals surface area (Å²) in [7, 11) is 0. The lowest BCUT2D eigenvalue weighted by atomic mass is 10.1. The minimum absolute atomic E-state index is 0.0267. The van der Waals surface area contributed by atoms with Crippen LogP contribution in [0.4, 0.5) is 0 Å². The molecule has 3 rings (SSSR count). The summed E-state index contributed by atoms with van der Waals surface area (Å²) in [6.45, 7) is 6.67. The molecule has 0 spiro atoms. The van der Waals surface area contributed by atoms with Gasteiger partial charge in [-0.3, -0.25) is 19.1 Å². The van der Waals surface area contributed by atoms with Gasteiger partial charge in [-0.25, -0.2) is 9.78 Å². The van der Waals surface area contributed by atoms with Gasteiger partial charge in [-0.05, 0) is 38.2 Å². The van der Waals surface area contributed by atoms with Crippen molar-refractivity contribution in [2.24, 2.45) is 11.7 Å². The Kier molecular flexibility index (Phi) is 5.46. The number of amides is 1. The van der Waals surface area contributed by atoms with E-state index in [-0.39, 0.29) is 34.7 Å². The highest BCUT2D eigenvalue weighted by Gasteiger charge is 2.28. The Morgan fingerprint density at radius 2 is 2.07 bits per heavy atom. The van der Waals surface area contributed by atoms with Crippen molar-refractivity contribution in [2.75, 3.05) is 6.54 Å². The number of hydrogen-bond donors (Lipinski definition) is 3. The van der Waals surface area contributed by atoms with Gasteiger partial charge in [0.05, 0.1) is 10.9 Å². The monoisotopic (exact) mass is 373 g/mol. The SMILES string of the molecule is CC(C)Cn1c(=O)[nH]c(=O)c2c(C(=O)NCCC(C)N)cc(C3CC3)nc21. The van der Waals surface area contributed by atoms with Gasteiger partial charge in [-0.1, -0.05) is 13.8 Å². The van der Waals surface area contributed by atoms with E-state index in [2.05, 4.69) is 15.3 Å². The normalized spacial score (nSPS) is 15.3. The van der Waals surface area contributed by atoms with E-state index < -0.39 is 11.2 Å². The van der Waals surface area contributed by atoms with Gasteiger partial charge in [0.25, 0.3) is 11.5 Å². The Morgan fingerprint density at radius 1 is 1.37 bits per heavy atom. The van der Waals surface area contributed by atoms with Gasteiger partial charge in [0, 0.05) is 30.7 Å². The number of nitrogens with zero attached hydrogens (tertiary/aromatic N) is 2. The first-order valence-electron chi connectivity index (χ1n) is 9.49. The number of nitrogens with one attached hydrogen (secondary N) is 2. The van der Waals surface area contributed by atoms with Crippen LogP contribution in [-0.2, 0) is 6.54 Å². The number of pyridine rings is 1. The van der Waals surface area contributed by atoms with Gasteiger partial charge in [0.15, 0.2) is 5.65 Å². The molecule has 2 aromatic heterocycles. The van der Waals surface area contributed by atoms with Gasteiger partial charge in [-0.15, -0.1) is 0 Å². The maximum Gasteiger partial charge on any atom is 0.330 e. The first kappa shape index (κ1) is 19.3. The molecule has 0 saturated heterocycles. The third-order valence-corrected chi connectivity index (χ3v) is 4.64. The number of hydrogen-bond acceptors (Lipinski definition) is 5. The smallest absolute Gasteiger partial charge is 0.330 e. The summed E-state index contributed by atoms with van der Waals surface area (Å²) >= 11 is 0. The molecule has 27 heavy (non-hydrogen) atoms. The standard InChI is InChI=1S/C19H27N5O3/c1-10(2)9-24-16-15(18(26)23-19(24)27)13(8-14(22-16)12-4-5-12)17(25)21-7-6-11(3)20/h8,10-12H,4-7,9,20H2,1-3H3,(H,21,25)(H,23,26,27). The Bertz CT molecular complexity index is 970. The predicted octanol–water partition coefficient (Wildman–Crippen LogP) is 1.09.